The minimum Gasteiger partial charge on any atom is -0.494 e. The Bertz CT molecular complexity index is 1170. The van der Waals surface area contributed by atoms with Gasteiger partial charge in [0.1, 0.15) is 5.75 Å². The van der Waals surface area contributed by atoms with Gasteiger partial charge in [0.25, 0.3) is 0 Å². The van der Waals surface area contributed by atoms with E-state index in [2.05, 4.69) is 48.5 Å². The third kappa shape index (κ3) is 6.82. The SMILES string of the molecule is CN1CCN(CCCOc2ccc(S(=O)(=O)NCCCc3c[nH]c4ccc(Br)cc34)cc2)CC1. The van der Waals surface area contributed by atoms with Crippen LogP contribution in [0.25, 0.3) is 10.9 Å². The third-order valence-corrected chi connectivity index (χ3v) is 8.23. The largest absolute Gasteiger partial charge is 0.494 e. The van der Waals surface area contributed by atoms with Crippen molar-refractivity contribution in [3.05, 3.63) is 58.7 Å². The fraction of sp³-hybridized carbons (Fsp3) is 0.440. The highest BCUT2D eigenvalue weighted by Gasteiger charge is 2.15. The first-order valence-electron chi connectivity index (χ1n) is 11.8. The average Bonchev–Trinajstić information content (AvgIpc) is 3.23. The molecule has 2 aromatic carbocycles. The highest BCUT2D eigenvalue weighted by molar-refractivity contribution is 9.10. The number of fused-ring (bicyclic) bond motifs is 1. The molecule has 1 aliphatic rings. The van der Waals surface area contributed by atoms with Crippen LogP contribution in [-0.2, 0) is 16.4 Å². The number of H-pyrrole nitrogens is 1. The second-order valence-electron chi connectivity index (χ2n) is 8.82. The molecule has 1 aromatic heterocycles. The Morgan fingerprint density at radius 3 is 2.59 bits per heavy atom. The van der Waals surface area contributed by atoms with Gasteiger partial charge in [-0.15, -0.1) is 0 Å². The van der Waals surface area contributed by atoms with E-state index in [-0.39, 0.29) is 4.90 Å². The zero-order valence-corrected chi connectivity index (χ0v) is 22.0. The zero-order chi connectivity index (χ0) is 24.0. The highest BCUT2D eigenvalue weighted by Crippen LogP contribution is 2.23. The lowest BCUT2D eigenvalue weighted by atomic mass is 10.1. The average molecular weight is 550 g/mol. The molecular weight excluding hydrogens is 516 g/mol. The molecule has 7 nitrogen and oxygen atoms in total. The van der Waals surface area contributed by atoms with Crippen LogP contribution in [-0.4, -0.2) is 76.1 Å². The van der Waals surface area contributed by atoms with Crippen LogP contribution in [0, 0.1) is 0 Å². The van der Waals surface area contributed by atoms with Crippen molar-refractivity contribution in [2.45, 2.75) is 24.2 Å². The van der Waals surface area contributed by atoms with Gasteiger partial charge in [-0.1, -0.05) is 15.9 Å². The van der Waals surface area contributed by atoms with Gasteiger partial charge in [0.2, 0.25) is 10.0 Å². The van der Waals surface area contributed by atoms with Crippen LogP contribution in [0.3, 0.4) is 0 Å². The summed E-state index contributed by atoms with van der Waals surface area (Å²) in [5.74, 6) is 0.697. The Labute approximate surface area is 210 Å². The standard InChI is InChI=1S/C25H33BrN4O3S/c1-29-13-15-30(16-14-29)12-3-17-33-22-6-8-23(9-7-22)34(31,32)28-11-2-4-20-19-27-25-10-5-21(26)18-24(20)25/h5-10,18-19,27-28H,2-4,11-17H2,1H3. The highest BCUT2D eigenvalue weighted by atomic mass is 79.9. The van der Waals surface area contributed by atoms with Crippen LogP contribution in [0.5, 0.6) is 5.75 Å². The van der Waals surface area contributed by atoms with Crippen LogP contribution >= 0.6 is 15.9 Å². The molecule has 0 spiro atoms. The summed E-state index contributed by atoms with van der Waals surface area (Å²) in [5, 5.41) is 1.16. The number of likely N-dealkylation sites (N-methyl/N-ethyl adjacent to an activating group) is 1. The molecule has 2 N–H and O–H groups in total. The molecule has 0 aliphatic carbocycles. The summed E-state index contributed by atoms with van der Waals surface area (Å²) in [6, 6.07) is 12.8. The molecule has 0 unspecified atom stereocenters. The maximum Gasteiger partial charge on any atom is 0.240 e. The lowest BCUT2D eigenvalue weighted by Crippen LogP contribution is -2.44. The van der Waals surface area contributed by atoms with Gasteiger partial charge >= 0.3 is 0 Å². The molecular formula is C25H33BrN4O3S. The Morgan fingerprint density at radius 1 is 1.06 bits per heavy atom. The number of benzene rings is 2. The summed E-state index contributed by atoms with van der Waals surface area (Å²) in [7, 11) is -1.39. The van der Waals surface area contributed by atoms with Crippen molar-refractivity contribution in [3.63, 3.8) is 0 Å². The van der Waals surface area contributed by atoms with Crippen molar-refractivity contribution >= 4 is 36.9 Å². The number of rotatable bonds is 11. The number of aromatic amines is 1. The minimum atomic E-state index is -3.54. The Kier molecular flexibility index (Phi) is 8.65. The van der Waals surface area contributed by atoms with Crippen LogP contribution in [0.15, 0.2) is 58.0 Å². The molecule has 0 atom stereocenters. The first-order chi connectivity index (χ1) is 16.4. The Morgan fingerprint density at radius 2 is 1.82 bits per heavy atom. The Hall–Kier alpha value is -1.91. The van der Waals surface area contributed by atoms with Crippen molar-refractivity contribution < 1.29 is 13.2 Å². The van der Waals surface area contributed by atoms with Gasteiger partial charge in [0, 0.05) is 60.8 Å². The number of ether oxygens (including phenoxy) is 1. The number of piperazine rings is 1. The maximum absolute atomic E-state index is 12.6. The maximum atomic E-state index is 12.6. The van der Waals surface area contributed by atoms with E-state index in [1.54, 1.807) is 24.3 Å². The number of nitrogens with zero attached hydrogens (tertiary/aromatic N) is 2. The zero-order valence-electron chi connectivity index (χ0n) is 19.6. The molecule has 0 amide bonds. The number of halogens is 1. The molecule has 0 bridgehead atoms. The molecule has 9 heteroatoms. The molecule has 184 valence electrons. The normalized spacial score (nSPS) is 15.7. The van der Waals surface area contributed by atoms with Crippen LogP contribution in [0.1, 0.15) is 18.4 Å². The number of nitrogens with one attached hydrogen (secondary N) is 2. The minimum absolute atomic E-state index is 0.258. The van der Waals surface area contributed by atoms with E-state index in [4.69, 9.17) is 4.74 Å². The predicted octanol–water partition coefficient (Wildman–Crippen LogP) is 3.86. The summed E-state index contributed by atoms with van der Waals surface area (Å²) >= 11 is 3.51. The first-order valence-corrected chi connectivity index (χ1v) is 14.1. The quantitative estimate of drug-likeness (QED) is 0.356. The first kappa shape index (κ1) is 25.2. The topological polar surface area (TPSA) is 77.7 Å². The number of hydrogen-bond donors (Lipinski definition) is 2. The summed E-state index contributed by atoms with van der Waals surface area (Å²) in [4.78, 5) is 8.33. The number of aryl methyl sites for hydroxylation is 1. The third-order valence-electron chi connectivity index (χ3n) is 6.26. The smallest absolute Gasteiger partial charge is 0.240 e. The van der Waals surface area contributed by atoms with E-state index in [0.717, 1.165) is 60.9 Å². The van der Waals surface area contributed by atoms with Crippen molar-refractivity contribution in [3.8, 4) is 5.75 Å². The van der Waals surface area contributed by atoms with Crippen LogP contribution in [0.2, 0.25) is 0 Å². The summed E-state index contributed by atoms with van der Waals surface area (Å²) in [5.41, 5.74) is 2.27. The van der Waals surface area contributed by atoms with Crippen molar-refractivity contribution in [1.29, 1.82) is 0 Å². The predicted molar refractivity (Wildman–Crippen MR) is 140 cm³/mol. The van der Waals surface area contributed by atoms with Gasteiger partial charge in [-0.05, 0) is 74.3 Å². The van der Waals surface area contributed by atoms with Gasteiger partial charge < -0.3 is 19.5 Å². The second-order valence-corrected chi connectivity index (χ2v) is 11.5. The number of aromatic nitrogens is 1. The lowest BCUT2D eigenvalue weighted by molar-refractivity contribution is 0.145. The van der Waals surface area contributed by atoms with E-state index in [1.165, 1.54) is 5.56 Å². The van der Waals surface area contributed by atoms with Gasteiger partial charge in [-0.25, -0.2) is 13.1 Å². The van der Waals surface area contributed by atoms with E-state index in [0.29, 0.717) is 25.3 Å². The summed E-state index contributed by atoms with van der Waals surface area (Å²) in [6.45, 7) is 6.48. The van der Waals surface area contributed by atoms with E-state index < -0.39 is 10.0 Å². The lowest BCUT2D eigenvalue weighted by Gasteiger charge is -2.32. The number of sulfonamides is 1. The van der Waals surface area contributed by atoms with Gasteiger partial charge in [0.15, 0.2) is 0 Å². The fourth-order valence-corrected chi connectivity index (χ4v) is 5.63. The van der Waals surface area contributed by atoms with Gasteiger partial charge in [-0.2, -0.15) is 0 Å². The Balaban J connectivity index is 1.19. The van der Waals surface area contributed by atoms with Gasteiger partial charge in [-0.3, -0.25) is 0 Å². The second kappa shape index (κ2) is 11.7. The van der Waals surface area contributed by atoms with Crippen LogP contribution in [0.4, 0.5) is 0 Å². The molecule has 3 aromatic rings. The van der Waals surface area contributed by atoms with Crippen LogP contribution < -0.4 is 9.46 Å². The molecule has 0 radical (unpaired) electrons. The van der Waals surface area contributed by atoms with Crippen molar-refractivity contribution in [2.75, 3.05) is 52.9 Å². The molecule has 1 aliphatic heterocycles. The fourth-order valence-electron chi connectivity index (χ4n) is 4.19. The molecule has 34 heavy (non-hydrogen) atoms. The number of hydrogen-bond acceptors (Lipinski definition) is 5. The molecule has 4 rings (SSSR count). The summed E-state index contributed by atoms with van der Waals surface area (Å²) in [6.07, 6.45) is 4.46. The monoisotopic (exact) mass is 548 g/mol. The van der Waals surface area contributed by atoms with Gasteiger partial charge in [0.05, 0.1) is 11.5 Å². The molecule has 1 saturated heterocycles. The van der Waals surface area contributed by atoms with Crippen molar-refractivity contribution in [2.24, 2.45) is 0 Å². The molecule has 0 saturated carbocycles. The molecule has 2 heterocycles. The van der Waals surface area contributed by atoms with E-state index in [9.17, 15) is 8.42 Å². The van der Waals surface area contributed by atoms with E-state index in [1.807, 2.05) is 18.3 Å². The molecule has 1 fully saturated rings. The van der Waals surface area contributed by atoms with Crippen molar-refractivity contribution in [1.82, 2.24) is 19.5 Å². The summed E-state index contributed by atoms with van der Waals surface area (Å²) < 4.78 is 34.8. The van der Waals surface area contributed by atoms with E-state index >= 15 is 0 Å².